The van der Waals surface area contributed by atoms with Gasteiger partial charge in [-0.25, -0.2) is 0 Å². The van der Waals surface area contributed by atoms with Gasteiger partial charge in [0.25, 0.3) is 11.9 Å². The molecule has 0 spiro atoms. The Kier molecular flexibility index (Phi) is 168. The van der Waals surface area contributed by atoms with Crippen LogP contribution >= 0.6 is 8.01 Å². The molecule has 0 aromatic carbocycles. The maximum absolute atomic E-state index is 9.00. The molecule has 6 N–H and O–H groups in total. The molecule has 172 valence electrons. The van der Waals surface area contributed by atoms with Crippen LogP contribution in [0.2, 0.25) is 0 Å². The Balaban J connectivity index is -0.0000000240. The van der Waals surface area contributed by atoms with Gasteiger partial charge in [0.15, 0.2) is 0 Å². The van der Waals surface area contributed by atoms with E-state index in [9.17, 15) is 0 Å². The Hall–Kier alpha value is 0.584. The summed E-state index contributed by atoms with van der Waals surface area (Å²) < 4.78 is 26.0. The first-order chi connectivity index (χ1) is 13.2. The average Bonchev–Trinajstić information content (AvgIpc) is 2.64. The van der Waals surface area contributed by atoms with Crippen molar-refractivity contribution in [2.45, 2.75) is 46.9 Å². The van der Waals surface area contributed by atoms with Crippen molar-refractivity contribution >= 4 is 62.7 Å². The molecule has 0 bridgehead atoms. The van der Waals surface area contributed by atoms with E-state index in [0.717, 1.165) is 56.6 Å². The largest absolute Gasteiger partial charge is 0 e. The van der Waals surface area contributed by atoms with Gasteiger partial charge in [0.2, 0.25) is 0 Å². The number of aliphatic hydroxyl groups excluding tert-OH is 3. The van der Waals surface area contributed by atoms with Gasteiger partial charge in [0.1, 0.15) is 17.9 Å². The molecule has 2 radical (unpaired) electrons. The minimum absolute atomic E-state index is 0. The molecule has 0 unspecified atom stereocenters. The van der Waals surface area contributed by atoms with Crippen LogP contribution in [0, 0.1) is 0 Å². The van der Waals surface area contributed by atoms with Gasteiger partial charge in [-0.05, 0) is 12.8 Å². The Morgan fingerprint density at radius 3 is 1.21 bits per heavy atom. The van der Waals surface area contributed by atoms with Crippen LogP contribution in [0.1, 0.15) is 48.3 Å². The number of carboxylic acids is 2. The van der Waals surface area contributed by atoms with Crippen LogP contribution in [0.15, 0.2) is 0 Å². The number of aliphatic hydroxyl groups is 3. The topological polar surface area (TPSA) is 199 Å². The predicted octanol–water partition coefficient (Wildman–Crippen LogP) is -0.426. The fourth-order valence-electron chi connectivity index (χ4n) is 0.577. The summed E-state index contributed by atoms with van der Waals surface area (Å²) in [4.78, 5) is 18.0. The van der Waals surface area contributed by atoms with Gasteiger partial charge in [0, 0.05) is 56.0 Å². The van der Waals surface area contributed by atoms with Crippen molar-refractivity contribution in [3.8, 4) is 0 Å². The summed E-state index contributed by atoms with van der Waals surface area (Å²) >= 11 is 2.80. The van der Waals surface area contributed by atoms with Crippen LogP contribution in [0.5, 0.6) is 0 Å². The third-order valence-electron chi connectivity index (χ3n) is 1.07. The van der Waals surface area contributed by atoms with E-state index in [0.29, 0.717) is 8.01 Å². The number of aliphatic carboxylic acids is 2. The molecule has 0 rings (SSSR count). The molecule has 28 heavy (non-hydrogen) atoms. The fraction of sp³-hybridized carbons (Fsp3) is 0.833. The molecule has 0 aliphatic rings. The number of hydrogen-bond donors (Lipinski definition) is 6. The van der Waals surface area contributed by atoms with Gasteiger partial charge in [-0.2, -0.15) is 0 Å². The minimum Gasteiger partial charge on any atom is 0 e. The molecule has 0 amide bonds. The predicted molar refractivity (Wildman–Crippen MR) is 108 cm³/mol. The minimum atomic E-state index is -0.833. The first kappa shape index (κ1) is 51.3. The zero-order chi connectivity index (χ0) is 24.8. The quantitative estimate of drug-likeness (QED) is 0.0819. The Bertz CT molecular complexity index is 230. The number of rotatable bonds is 5. The van der Waals surface area contributed by atoms with Crippen LogP contribution in [-0.4, -0.2) is 106 Å². The van der Waals surface area contributed by atoms with Crippen molar-refractivity contribution in [1.29, 1.82) is 0 Å². The van der Waals surface area contributed by atoms with Gasteiger partial charge in [0.05, 0.1) is 0 Å². The molecule has 0 aliphatic heterocycles. The number of carbonyl (C=O) groups is 2. The van der Waals surface area contributed by atoms with Crippen LogP contribution in [0.3, 0.4) is 0 Å². The fourth-order valence-corrected chi connectivity index (χ4v) is 0.577. The Labute approximate surface area is 203 Å². The molecule has 0 heterocycles. The summed E-state index contributed by atoms with van der Waals surface area (Å²) in [5.74, 6) is -1.67. The first-order valence-corrected chi connectivity index (χ1v) is 11.6. The van der Waals surface area contributed by atoms with E-state index in [1.165, 1.54) is 23.6 Å². The molecule has 0 saturated heterocycles. The third-order valence-corrected chi connectivity index (χ3v) is 1.07. The number of unbranched alkanes of at least 4 members (excludes halogenated alkanes) is 3. The van der Waals surface area contributed by atoms with E-state index in [2.05, 4.69) is 3.94 Å². The second-order valence-electron chi connectivity index (χ2n) is 3.19. The van der Waals surface area contributed by atoms with E-state index in [4.69, 9.17) is 50.1 Å². The zero-order valence-electron chi connectivity index (χ0n) is 17.9. The maximum atomic E-state index is 9.00. The van der Waals surface area contributed by atoms with Crippen LogP contribution in [0.25, 0.3) is 0 Å². The second kappa shape index (κ2) is 91.7. The van der Waals surface area contributed by atoms with Gasteiger partial charge >= 0.3 is 45.8 Å². The van der Waals surface area contributed by atoms with E-state index in [-0.39, 0.29) is 33.6 Å². The van der Waals surface area contributed by atoms with Gasteiger partial charge in [-0.15, -0.1) is 0 Å². The van der Waals surface area contributed by atoms with Crippen LogP contribution in [0.4, 0.5) is 0 Å². The molecule has 16 heteroatoms. The summed E-state index contributed by atoms with van der Waals surface area (Å²) in [6.45, 7) is 2.73. The van der Waals surface area contributed by atoms with E-state index >= 15 is 0 Å². The van der Waals surface area contributed by atoms with E-state index in [1.54, 1.807) is 16.6 Å². The van der Waals surface area contributed by atoms with E-state index < -0.39 is 11.9 Å². The number of hydrogen-bond acceptors (Lipinski definition) is 9. The molecule has 0 aromatic rings. The molecule has 0 saturated carbocycles. The second-order valence-corrected chi connectivity index (χ2v) is 4.86. The summed E-state index contributed by atoms with van der Waals surface area (Å²) in [7, 11) is 3.34. The Morgan fingerprint density at radius 2 is 1.14 bits per heavy atom. The van der Waals surface area contributed by atoms with Crippen LogP contribution in [-0.2, 0) is 42.3 Å². The van der Waals surface area contributed by atoms with Crippen molar-refractivity contribution in [1.82, 2.24) is 0 Å². The molecular formula is C12H34Al2O11PPdSi+. The van der Waals surface area contributed by atoms with Gasteiger partial charge < -0.3 is 25.5 Å². The average molecular weight is 575 g/mol. The molecule has 0 aliphatic carbocycles. The standard InChI is InChI=1S/C6H14O2.2C2H4O2.CH4O.CH4.2Al.H2O2.H3OPSi.O.Pd/c7-5-3-1-2-4-6-8;2*1-2(3)4;1-2;;;;1-2;1-2-3;;/h7-8H,1-6H2;2*1H3,(H,3,4);2H,1H3;1H4;;;1-2H;3H3;;/q;;;;;;+2;;;;/p-1/i;;;;1D;;;;;;. The van der Waals surface area contributed by atoms with Crippen molar-refractivity contribution < 1.29 is 74.5 Å². The summed E-state index contributed by atoms with van der Waals surface area (Å²) in [6.07, 6.45) is 3.83. The molecule has 0 aromatic heterocycles. The third kappa shape index (κ3) is 558. The number of carboxylic acid groups (broad SMARTS) is 2. The summed E-state index contributed by atoms with van der Waals surface area (Å²) in [6, 6.07) is 0. The monoisotopic (exact) mass is 574 g/mol. The first-order valence-electron chi connectivity index (χ1n) is 7.72. The molecule has 0 fully saturated rings. The van der Waals surface area contributed by atoms with Crippen LogP contribution < -0.4 is 0 Å². The Morgan fingerprint density at radius 1 is 1.04 bits per heavy atom. The van der Waals surface area contributed by atoms with E-state index in [1.807, 2.05) is 0 Å². The molecule has 11 nitrogen and oxygen atoms in total. The summed E-state index contributed by atoms with van der Waals surface area (Å²) in [5.41, 5.74) is 0. The zero-order valence-corrected chi connectivity index (χ0v) is 23.6. The maximum Gasteiger partial charge on any atom is 0 e. The van der Waals surface area contributed by atoms with Crippen molar-refractivity contribution in [2.24, 2.45) is 0 Å². The normalized spacial score (nSPS) is 6.57. The van der Waals surface area contributed by atoms with Gasteiger partial charge in [-0.3, -0.25) is 14.2 Å². The SMILES string of the molecule is CC(=O)O.CC(=O)O.CO.O=P[SiH3].OCCCCCCO.O[O][Al+].[2H]C.[O]=[Al].[Pd]. The van der Waals surface area contributed by atoms with Crippen molar-refractivity contribution in [3.05, 3.63) is 0 Å². The smallest absolute Gasteiger partial charge is 0 e. The van der Waals surface area contributed by atoms with Crippen molar-refractivity contribution in [3.63, 3.8) is 0 Å². The van der Waals surface area contributed by atoms with Gasteiger partial charge in [-0.1, -0.05) is 20.2 Å². The summed E-state index contributed by atoms with van der Waals surface area (Å²) in [5, 5.41) is 45.5. The molecule has 0 atom stereocenters. The van der Waals surface area contributed by atoms with Crippen molar-refractivity contribution in [2.75, 3.05) is 20.3 Å². The molecular weight excluding hydrogens is 540 g/mol.